The van der Waals surface area contributed by atoms with Crippen LogP contribution in [0.3, 0.4) is 0 Å². The molecule has 5 rings (SSSR count). The molecular formula is C22H20N4O4S2. The molecule has 164 valence electrons. The van der Waals surface area contributed by atoms with Crippen molar-refractivity contribution in [3.05, 3.63) is 53.2 Å². The van der Waals surface area contributed by atoms with Crippen LogP contribution in [-0.4, -0.2) is 45.8 Å². The first-order valence-electron chi connectivity index (χ1n) is 9.82. The number of carbonyl (C=O) groups is 1. The molecular weight excluding hydrogens is 448 g/mol. The molecule has 0 fully saturated rings. The third-order valence-corrected chi connectivity index (χ3v) is 7.56. The van der Waals surface area contributed by atoms with E-state index in [1.807, 2.05) is 31.2 Å². The minimum absolute atomic E-state index is 0.0614. The highest BCUT2D eigenvalue weighted by atomic mass is 32.2. The molecule has 0 bridgehead atoms. The fourth-order valence-corrected chi connectivity index (χ4v) is 5.89. The Morgan fingerprint density at radius 2 is 1.91 bits per heavy atom. The molecule has 32 heavy (non-hydrogen) atoms. The van der Waals surface area contributed by atoms with Crippen LogP contribution in [0.15, 0.2) is 36.4 Å². The number of thiazole rings is 1. The van der Waals surface area contributed by atoms with E-state index in [1.165, 1.54) is 37.3 Å². The molecule has 1 aliphatic heterocycles. The topological polar surface area (TPSA) is 98.5 Å². The van der Waals surface area contributed by atoms with Crippen LogP contribution in [0, 0.1) is 6.92 Å². The number of fused-ring (bicyclic) bond motifs is 2. The van der Waals surface area contributed by atoms with Crippen molar-refractivity contribution in [1.82, 2.24) is 14.8 Å². The predicted octanol–water partition coefficient (Wildman–Crippen LogP) is 4.29. The molecule has 2 aromatic heterocycles. The number of hydrogen-bond acceptors (Lipinski definition) is 8. The van der Waals surface area contributed by atoms with E-state index < -0.39 is 0 Å². The summed E-state index contributed by atoms with van der Waals surface area (Å²) in [6.45, 7) is 1.92. The summed E-state index contributed by atoms with van der Waals surface area (Å²) in [7, 11) is 2.98. The number of aryl methyl sites for hydroxylation is 1. The number of carbonyl (C=O) groups excluding carboxylic acids is 1. The van der Waals surface area contributed by atoms with E-state index in [1.54, 1.807) is 16.8 Å². The van der Waals surface area contributed by atoms with Crippen molar-refractivity contribution < 1.29 is 19.4 Å². The van der Waals surface area contributed by atoms with Gasteiger partial charge in [0.25, 0.3) is 0 Å². The summed E-state index contributed by atoms with van der Waals surface area (Å²) in [6.07, 6.45) is 0. The molecule has 0 aliphatic carbocycles. The molecule has 3 heterocycles. The summed E-state index contributed by atoms with van der Waals surface area (Å²) >= 11 is 3.00. The molecule has 2 aromatic carbocycles. The van der Waals surface area contributed by atoms with Crippen LogP contribution in [0.2, 0.25) is 0 Å². The molecule has 1 atom stereocenters. The molecule has 0 unspecified atom stereocenters. The number of ether oxygens (including phenoxy) is 2. The lowest BCUT2D eigenvalue weighted by atomic mass is 10.0. The highest BCUT2D eigenvalue weighted by Crippen LogP contribution is 2.48. The van der Waals surface area contributed by atoms with Crippen molar-refractivity contribution in [2.24, 2.45) is 0 Å². The van der Waals surface area contributed by atoms with E-state index in [4.69, 9.17) is 19.6 Å². The van der Waals surface area contributed by atoms with Gasteiger partial charge in [0.05, 0.1) is 41.1 Å². The number of hydrogen-bond donors (Lipinski definition) is 2. The Morgan fingerprint density at radius 3 is 2.59 bits per heavy atom. The fourth-order valence-electron chi connectivity index (χ4n) is 3.80. The number of nitrogens with zero attached hydrogens (tertiary/aromatic N) is 3. The lowest BCUT2D eigenvalue weighted by molar-refractivity contribution is -0.113. The van der Waals surface area contributed by atoms with Crippen molar-refractivity contribution >= 4 is 45.0 Å². The molecule has 0 spiro atoms. The standard InChI is InChI=1S/C22H20N4O4S2/c1-11-18-20(12-8-14(29-2)19(28)15(9-12)30-3)31-10-17(27)24-21(18)26(25-11)22-23-13-6-4-5-7-16(13)32-22/h4-9,20,28H,10H2,1-3H3,(H,24,27)/t20-/m0/s1. The average molecular weight is 469 g/mol. The summed E-state index contributed by atoms with van der Waals surface area (Å²) in [5, 5.41) is 18.5. The van der Waals surface area contributed by atoms with E-state index in [2.05, 4.69) is 5.32 Å². The van der Waals surface area contributed by atoms with E-state index in [-0.39, 0.29) is 22.7 Å². The Morgan fingerprint density at radius 1 is 1.19 bits per heavy atom. The van der Waals surface area contributed by atoms with Gasteiger partial charge >= 0.3 is 0 Å². The van der Waals surface area contributed by atoms with Gasteiger partial charge in [0, 0.05) is 5.56 Å². The maximum absolute atomic E-state index is 12.6. The van der Waals surface area contributed by atoms with E-state index in [9.17, 15) is 9.90 Å². The molecule has 0 saturated heterocycles. The van der Waals surface area contributed by atoms with Gasteiger partial charge in [-0.1, -0.05) is 23.5 Å². The zero-order valence-electron chi connectivity index (χ0n) is 17.6. The third kappa shape index (κ3) is 3.35. The van der Waals surface area contributed by atoms with Crippen LogP contribution in [0.4, 0.5) is 5.82 Å². The van der Waals surface area contributed by atoms with E-state index in [0.29, 0.717) is 22.4 Å². The van der Waals surface area contributed by atoms with E-state index in [0.717, 1.165) is 27.0 Å². The fraction of sp³-hybridized carbons (Fsp3) is 0.227. The van der Waals surface area contributed by atoms with Crippen molar-refractivity contribution in [1.29, 1.82) is 0 Å². The average Bonchev–Trinajstić information content (AvgIpc) is 3.30. The number of rotatable bonds is 4. The zero-order valence-corrected chi connectivity index (χ0v) is 19.2. The summed E-state index contributed by atoms with van der Waals surface area (Å²) in [4.78, 5) is 17.3. The number of para-hydroxylation sites is 1. The van der Waals surface area contributed by atoms with Gasteiger partial charge in [-0.2, -0.15) is 9.78 Å². The Kier molecular flexibility index (Phi) is 5.18. The van der Waals surface area contributed by atoms with Crippen molar-refractivity contribution in [2.45, 2.75) is 12.2 Å². The number of thioether (sulfide) groups is 1. The van der Waals surface area contributed by atoms with Crippen LogP contribution in [-0.2, 0) is 4.79 Å². The quantitative estimate of drug-likeness (QED) is 0.461. The summed E-state index contributed by atoms with van der Waals surface area (Å²) in [5.74, 6) is 1.31. The van der Waals surface area contributed by atoms with Crippen LogP contribution >= 0.6 is 23.1 Å². The van der Waals surface area contributed by atoms with Gasteiger partial charge in [0.2, 0.25) is 16.8 Å². The number of phenols is 1. The van der Waals surface area contributed by atoms with Crippen LogP contribution in [0.1, 0.15) is 22.1 Å². The number of aromatic hydroxyl groups is 1. The molecule has 1 amide bonds. The maximum atomic E-state index is 12.6. The van der Waals surface area contributed by atoms with Crippen molar-refractivity contribution in [3.8, 4) is 22.4 Å². The SMILES string of the molecule is COc1cc([C@@H]2SCC(=O)Nc3c2c(C)nn3-c2nc3ccccc3s2)cc(OC)c1O. The second kappa shape index (κ2) is 8.03. The number of amides is 1. The van der Waals surface area contributed by atoms with Crippen LogP contribution < -0.4 is 14.8 Å². The Labute approximate surface area is 192 Å². The van der Waals surface area contributed by atoms with Gasteiger partial charge in [-0.25, -0.2) is 4.98 Å². The maximum Gasteiger partial charge on any atom is 0.235 e. The number of nitrogens with one attached hydrogen (secondary N) is 1. The molecule has 4 aromatic rings. The summed E-state index contributed by atoms with van der Waals surface area (Å²) in [5.41, 5.74) is 3.39. The van der Waals surface area contributed by atoms with E-state index >= 15 is 0 Å². The Hall–Kier alpha value is -3.24. The molecule has 0 saturated carbocycles. The Bertz CT molecular complexity index is 1290. The predicted molar refractivity (Wildman–Crippen MR) is 126 cm³/mol. The van der Waals surface area contributed by atoms with Gasteiger partial charge in [0.15, 0.2) is 11.5 Å². The smallest absolute Gasteiger partial charge is 0.235 e. The van der Waals surface area contributed by atoms with Gasteiger partial charge in [-0.15, -0.1) is 11.8 Å². The number of methoxy groups -OCH3 is 2. The van der Waals surface area contributed by atoms with Gasteiger partial charge in [-0.05, 0) is 36.8 Å². The molecule has 2 N–H and O–H groups in total. The highest BCUT2D eigenvalue weighted by molar-refractivity contribution is 8.00. The van der Waals surface area contributed by atoms with Crippen molar-refractivity contribution in [3.63, 3.8) is 0 Å². The Balaban J connectivity index is 1.69. The molecule has 8 nitrogen and oxygen atoms in total. The summed E-state index contributed by atoms with van der Waals surface area (Å²) < 4.78 is 13.4. The van der Waals surface area contributed by atoms with Crippen LogP contribution in [0.5, 0.6) is 17.2 Å². The highest BCUT2D eigenvalue weighted by Gasteiger charge is 2.32. The lowest BCUT2D eigenvalue weighted by Crippen LogP contribution is -2.15. The normalized spacial score (nSPS) is 15.8. The largest absolute Gasteiger partial charge is 0.502 e. The number of phenolic OH excluding ortho intramolecular Hbond substituents is 1. The molecule has 0 radical (unpaired) electrons. The van der Waals surface area contributed by atoms with Crippen molar-refractivity contribution in [2.75, 3.05) is 25.3 Å². The van der Waals surface area contributed by atoms with Gasteiger partial charge in [-0.3, -0.25) is 4.79 Å². The first-order valence-corrected chi connectivity index (χ1v) is 11.7. The number of aromatic nitrogens is 3. The van der Waals surface area contributed by atoms with Gasteiger partial charge in [0.1, 0.15) is 5.82 Å². The minimum atomic E-state index is -0.226. The molecule has 1 aliphatic rings. The second-order valence-electron chi connectivity index (χ2n) is 7.24. The molecule has 10 heteroatoms. The summed E-state index contributed by atoms with van der Waals surface area (Å²) in [6, 6.07) is 11.4. The number of anilines is 1. The number of benzene rings is 2. The minimum Gasteiger partial charge on any atom is -0.502 e. The van der Waals surface area contributed by atoms with Crippen LogP contribution in [0.25, 0.3) is 15.3 Å². The first-order chi connectivity index (χ1) is 15.5. The second-order valence-corrected chi connectivity index (χ2v) is 9.34. The first kappa shape index (κ1) is 20.7. The van der Waals surface area contributed by atoms with Gasteiger partial charge < -0.3 is 19.9 Å². The lowest BCUT2D eigenvalue weighted by Gasteiger charge is -2.18. The third-order valence-electron chi connectivity index (χ3n) is 5.28. The monoisotopic (exact) mass is 468 g/mol. The zero-order chi connectivity index (χ0) is 22.4.